The molecule has 0 atom stereocenters. The number of hydrogen-bond donors (Lipinski definition) is 1. The van der Waals surface area contributed by atoms with Crippen LogP contribution >= 0.6 is 21.7 Å². The molecule has 38 valence electrons. The van der Waals surface area contributed by atoms with Gasteiger partial charge in [0.15, 0.2) is 0 Å². The third-order valence-electron chi connectivity index (χ3n) is 0.426. The molecule has 3 heteroatoms. The molecule has 0 radical (unpaired) electrons. The predicted octanol–water partition coefficient (Wildman–Crippen LogP) is 1.22. The van der Waals surface area contributed by atoms with Gasteiger partial charge in [0.2, 0.25) is 0 Å². The lowest BCUT2D eigenvalue weighted by Crippen LogP contribution is -1.98. The van der Waals surface area contributed by atoms with E-state index in [4.69, 9.17) is 16.4 Å². The minimum absolute atomic E-state index is 0.750. The highest BCUT2D eigenvalue weighted by Gasteiger charge is 1.77. The summed E-state index contributed by atoms with van der Waals surface area (Å²) in [5.41, 5.74) is 5.14. The molecule has 0 rings (SSSR count). The van der Waals surface area contributed by atoms with E-state index >= 15 is 0 Å². The number of nitrogens with two attached hydrogens (primary N) is 1. The third-order valence-corrected chi connectivity index (χ3v) is 1.33. The molecule has 0 saturated heterocycles. The van der Waals surface area contributed by atoms with Gasteiger partial charge in [0.05, 0.1) is 0 Å². The molecule has 0 aliphatic heterocycles. The van der Waals surface area contributed by atoms with E-state index in [0.717, 1.165) is 18.7 Å². The van der Waals surface area contributed by atoms with Gasteiger partial charge in [-0.1, -0.05) is 11.0 Å². The number of hydrogen-bond acceptors (Lipinski definition) is 2. The standard InChI is InChI=1S/C3H8ClNS/c4-6-3-1-2-5/h1-3,5H2. The van der Waals surface area contributed by atoms with E-state index < -0.39 is 0 Å². The van der Waals surface area contributed by atoms with E-state index in [1.165, 1.54) is 11.0 Å². The fraction of sp³-hybridized carbons (Fsp3) is 1.00. The van der Waals surface area contributed by atoms with E-state index in [-0.39, 0.29) is 0 Å². The molecule has 0 aromatic heterocycles. The number of halogens is 1. The van der Waals surface area contributed by atoms with Gasteiger partial charge in [-0.25, -0.2) is 0 Å². The Bertz CT molecular complexity index is 22.8. The van der Waals surface area contributed by atoms with Crippen LogP contribution in [0.3, 0.4) is 0 Å². The lowest BCUT2D eigenvalue weighted by molar-refractivity contribution is 0.945. The minimum Gasteiger partial charge on any atom is -0.330 e. The molecule has 0 spiro atoms. The predicted molar refractivity (Wildman–Crippen MR) is 32.0 cm³/mol. The van der Waals surface area contributed by atoms with E-state index in [1.54, 1.807) is 0 Å². The maximum Gasteiger partial charge on any atom is 0.00972 e. The van der Waals surface area contributed by atoms with Crippen LogP contribution in [-0.2, 0) is 0 Å². The Balaban J connectivity index is 2.34. The minimum atomic E-state index is 0.750. The quantitative estimate of drug-likeness (QED) is 0.574. The molecule has 0 aromatic rings. The Morgan fingerprint density at radius 2 is 2.33 bits per heavy atom. The summed E-state index contributed by atoms with van der Waals surface area (Å²) in [5, 5.41) is 0. The second kappa shape index (κ2) is 5.60. The first-order valence-corrected chi connectivity index (χ1v) is 3.66. The van der Waals surface area contributed by atoms with Gasteiger partial charge in [-0.05, 0) is 23.6 Å². The van der Waals surface area contributed by atoms with Crippen LogP contribution in [0.15, 0.2) is 0 Å². The zero-order valence-electron chi connectivity index (χ0n) is 3.48. The van der Waals surface area contributed by atoms with Crippen LogP contribution in [0.2, 0.25) is 0 Å². The van der Waals surface area contributed by atoms with Crippen molar-refractivity contribution in [2.24, 2.45) is 5.73 Å². The molecule has 0 heterocycles. The summed E-state index contributed by atoms with van der Waals surface area (Å²) in [5.74, 6) is 0.970. The highest BCUT2D eigenvalue weighted by Crippen LogP contribution is 2.05. The van der Waals surface area contributed by atoms with Gasteiger partial charge in [0.25, 0.3) is 0 Å². The fourth-order valence-electron chi connectivity index (χ4n) is 0.138. The van der Waals surface area contributed by atoms with Crippen molar-refractivity contribution in [3.05, 3.63) is 0 Å². The van der Waals surface area contributed by atoms with Crippen molar-refractivity contribution in [1.29, 1.82) is 0 Å². The molecular weight excluding hydrogens is 118 g/mol. The molecule has 2 N–H and O–H groups in total. The van der Waals surface area contributed by atoms with Crippen LogP contribution < -0.4 is 5.73 Å². The zero-order chi connectivity index (χ0) is 4.83. The molecular formula is C3H8ClNS. The first-order valence-electron chi connectivity index (χ1n) is 1.85. The Morgan fingerprint density at radius 3 is 2.50 bits per heavy atom. The number of rotatable bonds is 3. The summed E-state index contributed by atoms with van der Waals surface area (Å²) in [7, 11) is 6.56. The van der Waals surface area contributed by atoms with E-state index in [0.29, 0.717) is 0 Å². The second-order valence-corrected chi connectivity index (χ2v) is 2.24. The van der Waals surface area contributed by atoms with Crippen molar-refractivity contribution in [2.75, 3.05) is 12.3 Å². The van der Waals surface area contributed by atoms with Gasteiger partial charge in [-0.15, -0.1) is 0 Å². The van der Waals surface area contributed by atoms with Crippen LogP contribution in [0, 0.1) is 0 Å². The van der Waals surface area contributed by atoms with Crippen molar-refractivity contribution in [1.82, 2.24) is 0 Å². The molecule has 0 aliphatic carbocycles. The average Bonchev–Trinajstić information content (AvgIpc) is 1.61. The molecule has 1 nitrogen and oxygen atoms in total. The molecule has 6 heavy (non-hydrogen) atoms. The lowest BCUT2D eigenvalue weighted by Gasteiger charge is -1.84. The largest absolute Gasteiger partial charge is 0.330 e. The van der Waals surface area contributed by atoms with Crippen molar-refractivity contribution >= 4 is 21.7 Å². The van der Waals surface area contributed by atoms with Gasteiger partial charge >= 0.3 is 0 Å². The summed E-state index contributed by atoms with van der Waals surface area (Å²) in [6.07, 6.45) is 1.02. The van der Waals surface area contributed by atoms with Gasteiger partial charge < -0.3 is 5.73 Å². The zero-order valence-corrected chi connectivity index (χ0v) is 5.06. The van der Waals surface area contributed by atoms with Crippen LogP contribution in [0.4, 0.5) is 0 Å². The molecule has 0 aromatic carbocycles. The summed E-state index contributed by atoms with van der Waals surface area (Å²) in [6.45, 7) is 0.750. The fourth-order valence-corrected chi connectivity index (χ4v) is 0.741. The first kappa shape index (κ1) is 6.60. The van der Waals surface area contributed by atoms with Gasteiger partial charge in [-0.3, -0.25) is 0 Å². The summed E-state index contributed by atoms with van der Waals surface area (Å²) in [4.78, 5) is 0. The molecule has 0 unspecified atom stereocenters. The summed E-state index contributed by atoms with van der Waals surface area (Å²) in [6, 6.07) is 0. The van der Waals surface area contributed by atoms with E-state index in [2.05, 4.69) is 0 Å². The monoisotopic (exact) mass is 125 g/mol. The van der Waals surface area contributed by atoms with Crippen molar-refractivity contribution in [3.8, 4) is 0 Å². The van der Waals surface area contributed by atoms with Crippen LogP contribution in [0.5, 0.6) is 0 Å². The van der Waals surface area contributed by atoms with Crippen LogP contribution in [0.25, 0.3) is 0 Å². The first-order chi connectivity index (χ1) is 2.91. The van der Waals surface area contributed by atoms with Crippen molar-refractivity contribution < 1.29 is 0 Å². The smallest absolute Gasteiger partial charge is 0.00972 e. The van der Waals surface area contributed by atoms with Gasteiger partial charge in [0, 0.05) is 5.75 Å². The lowest BCUT2D eigenvalue weighted by atomic mass is 10.5. The Labute approximate surface area is 46.7 Å². The summed E-state index contributed by atoms with van der Waals surface area (Å²) < 4.78 is 0. The van der Waals surface area contributed by atoms with Crippen molar-refractivity contribution in [3.63, 3.8) is 0 Å². The molecule has 0 aliphatic rings. The second-order valence-electron chi connectivity index (χ2n) is 0.955. The molecule has 0 saturated carbocycles. The maximum atomic E-state index is 5.24. The highest BCUT2D eigenvalue weighted by molar-refractivity contribution is 8.21. The van der Waals surface area contributed by atoms with Crippen LogP contribution in [-0.4, -0.2) is 12.3 Å². The van der Waals surface area contributed by atoms with Crippen LogP contribution in [0.1, 0.15) is 6.42 Å². The topological polar surface area (TPSA) is 26.0 Å². The molecule has 0 fully saturated rings. The van der Waals surface area contributed by atoms with Crippen molar-refractivity contribution in [2.45, 2.75) is 6.42 Å². The highest BCUT2D eigenvalue weighted by atomic mass is 35.7. The van der Waals surface area contributed by atoms with E-state index in [9.17, 15) is 0 Å². The average molecular weight is 126 g/mol. The summed E-state index contributed by atoms with van der Waals surface area (Å²) >= 11 is 0. The van der Waals surface area contributed by atoms with Gasteiger partial charge in [0.1, 0.15) is 0 Å². The molecule has 0 amide bonds. The molecule has 0 bridgehead atoms. The Hall–Kier alpha value is 0.600. The Kier molecular flexibility index (Phi) is 6.16. The van der Waals surface area contributed by atoms with E-state index in [1.807, 2.05) is 0 Å². The normalized spacial score (nSPS) is 9.00. The third kappa shape index (κ3) is 4.60. The SMILES string of the molecule is NCCCSCl. The maximum absolute atomic E-state index is 5.24. The van der Waals surface area contributed by atoms with Gasteiger partial charge in [-0.2, -0.15) is 0 Å². The Morgan fingerprint density at radius 1 is 1.67 bits per heavy atom.